The monoisotopic (exact) mass is 293 g/mol. The molecule has 1 heterocycles. The van der Waals surface area contributed by atoms with Crippen LogP contribution < -0.4 is 19.7 Å². The second-order valence-electron chi connectivity index (χ2n) is 4.05. The second kappa shape index (κ2) is 6.19. The van der Waals surface area contributed by atoms with E-state index in [0.717, 1.165) is 0 Å². The van der Waals surface area contributed by atoms with Gasteiger partial charge < -0.3 is 14.2 Å². The Kier molecular flexibility index (Phi) is 4.56. The molecule has 0 saturated carbocycles. The number of benzene rings is 1. The van der Waals surface area contributed by atoms with Crippen molar-refractivity contribution in [2.24, 2.45) is 0 Å². The van der Waals surface area contributed by atoms with Gasteiger partial charge in [-0.2, -0.15) is 18.7 Å². The fourth-order valence-corrected chi connectivity index (χ4v) is 1.70. The number of alkyl halides is 3. The van der Waals surface area contributed by atoms with Gasteiger partial charge in [-0.3, -0.25) is 4.84 Å². The van der Waals surface area contributed by atoms with Crippen molar-refractivity contribution in [2.45, 2.75) is 12.7 Å². The third kappa shape index (κ3) is 3.91. The summed E-state index contributed by atoms with van der Waals surface area (Å²) < 4.78 is 51.7. The number of fused-ring (bicyclic) bond motifs is 1. The maximum absolute atomic E-state index is 11.9. The predicted octanol–water partition coefficient (Wildman–Crippen LogP) is 2.05. The zero-order chi connectivity index (χ0) is 14.6. The highest BCUT2D eigenvalue weighted by atomic mass is 19.4. The molecule has 20 heavy (non-hydrogen) atoms. The van der Waals surface area contributed by atoms with Crippen molar-refractivity contribution < 1.29 is 32.2 Å². The Morgan fingerprint density at radius 1 is 1.25 bits per heavy atom. The summed E-state index contributed by atoms with van der Waals surface area (Å²) in [6.07, 6.45) is -4.36. The standard InChI is InChI=1S/C12H14F3NO4/c1-17-9-4-8(6-16-20-7-12(13,14)15)5-10-11(9)19-3-2-18-10/h4-5,16H,2-3,6-7H2,1H3. The summed E-state index contributed by atoms with van der Waals surface area (Å²) in [5.41, 5.74) is 2.90. The number of methoxy groups -OCH3 is 1. The van der Waals surface area contributed by atoms with Crippen molar-refractivity contribution in [3.05, 3.63) is 17.7 Å². The molecule has 1 aliphatic rings. The van der Waals surface area contributed by atoms with Gasteiger partial charge in [0.15, 0.2) is 18.1 Å². The number of hydroxylamine groups is 1. The van der Waals surface area contributed by atoms with Crippen molar-refractivity contribution in [3.8, 4) is 17.2 Å². The Hall–Kier alpha value is -1.67. The molecule has 112 valence electrons. The van der Waals surface area contributed by atoms with E-state index in [2.05, 4.69) is 10.3 Å². The average molecular weight is 293 g/mol. The van der Waals surface area contributed by atoms with Crippen LogP contribution in [0.15, 0.2) is 12.1 Å². The number of ether oxygens (including phenoxy) is 3. The van der Waals surface area contributed by atoms with E-state index in [1.807, 2.05) is 0 Å². The van der Waals surface area contributed by atoms with Crippen molar-refractivity contribution in [3.63, 3.8) is 0 Å². The fourth-order valence-electron chi connectivity index (χ4n) is 1.70. The lowest BCUT2D eigenvalue weighted by Gasteiger charge is -2.21. The first-order valence-electron chi connectivity index (χ1n) is 5.87. The molecule has 0 fully saturated rings. The van der Waals surface area contributed by atoms with Crippen LogP contribution >= 0.6 is 0 Å². The molecule has 0 saturated heterocycles. The molecule has 1 aliphatic heterocycles. The van der Waals surface area contributed by atoms with Crippen LogP contribution in [0.5, 0.6) is 17.2 Å². The van der Waals surface area contributed by atoms with Gasteiger partial charge in [0, 0.05) is 6.54 Å². The smallest absolute Gasteiger partial charge is 0.413 e. The van der Waals surface area contributed by atoms with Gasteiger partial charge in [0.05, 0.1) is 7.11 Å². The van der Waals surface area contributed by atoms with Crippen molar-refractivity contribution >= 4 is 0 Å². The van der Waals surface area contributed by atoms with E-state index in [-0.39, 0.29) is 6.54 Å². The maximum Gasteiger partial charge on any atom is 0.413 e. The van der Waals surface area contributed by atoms with E-state index in [0.29, 0.717) is 36.0 Å². The van der Waals surface area contributed by atoms with Crippen LogP contribution in [0.25, 0.3) is 0 Å². The van der Waals surface area contributed by atoms with Gasteiger partial charge in [-0.1, -0.05) is 0 Å². The fraction of sp³-hybridized carbons (Fsp3) is 0.500. The highest BCUT2D eigenvalue weighted by Gasteiger charge is 2.27. The molecule has 8 heteroatoms. The first-order valence-corrected chi connectivity index (χ1v) is 5.87. The lowest BCUT2D eigenvalue weighted by Crippen LogP contribution is -2.24. The summed E-state index contributed by atoms with van der Waals surface area (Å²) in [7, 11) is 1.48. The Morgan fingerprint density at radius 2 is 2.00 bits per heavy atom. The highest BCUT2D eigenvalue weighted by Crippen LogP contribution is 2.40. The molecule has 1 aromatic rings. The minimum atomic E-state index is -4.36. The SMILES string of the molecule is COc1cc(CNOCC(F)(F)F)cc2c1OCCO2. The van der Waals surface area contributed by atoms with E-state index in [4.69, 9.17) is 14.2 Å². The molecular weight excluding hydrogens is 279 g/mol. The van der Waals surface area contributed by atoms with E-state index >= 15 is 0 Å². The third-order valence-corrected chi connectivity index (χ3v) is 2.50. The first-order chi connectivity index (χ1) is 9.49. The molecule has 0 radical (unpaired) electrons. The molecule has 0 amide bonds. The molecule has 5 nitrogen and oxygen atoms in total. The van der Waals surface area contributed by atoms with Gasteiger partial charge in [0.2, 0.25) is 5.75 Å². The van der Waals surface area contributed by atoms with Gasteiger partial charge >= 0.3 is 6.18 Å². The minimum absolute atomic E-state index is 0.0864. The molecule has 2 rings (SSSR count). The number of nitrogens with one attached hydrogen (secondary N) is 1. The lowest BCUT2D eigenvalue weighted by molar-refractivity contribution is -0.190. The molecule has 1 aromatic carbocycles. The second-order valence-corrected chi connectivity index (χ2v) is 4.05. The molecular formula is C12H14F3NO4. The van der Waals surface area contributed by atoms with Crippen molar-refractivity contribution in [1.29, 1.82) is 0 Å². The summed E-state index contributed by atoms with van der Waals surface area (Å²) >= 11 is 0. The van der Waals surface area contributed by atoms with Crippen LogP contribution in [0.1, 0.15) is 5.56 Å². The number of hydrogen-bond acceptors (Lipinski definition) is 5. The van der Waals surface area contributed by atoms with E-state index in [1.165, 1.54) is 7.11 Å². The van der Waals surface area contributed by atoms with E-state index < -0.39 is 12.8 Å². The van der Waals surface area contributed by atoms with Gasteiger partial charge in [-0.05, 0) is 17.7 Å². The molecule has 0 bridgehead atoms. The van der Waals surface area contributed by atoms with Gasteiger partial charge in [-0.25, -0.2) is 0 Å². The maximum atomic E-state index is 11.9. The Labute approximate surface area is 113 Å². The normalized spacial score (nSPS) is 14.2. The van der Waals surface area contributed by atoms with E-state index in [1.54, 1.807) is 12.1 Å². The largest absolute Gasteiger partial charge is 0.493 e. The molecule has 0 spiro atoms. The molecule has 1 N–H and O–H groups in total. The van der Waals surface area contributed by atoms with Crippen LogP contribution in [-0.4, -0.2) is 33.1 Å². The summed E-state index contributed by atoms with van der Waals surface area (Å²) in [5, 5.41) is 0. The molecule has 0 aromatic heterocycles. The lowest BCUT2D eigenvalue weighted by atomic mass is 10.1. The first kappa shape index (κ1) is 14.7. The van der Waals surface area contributed by atoms with Crippen LogP contribution in [0.3, 0.4) is 0 Å². The van der Waals surface area contributed by atoms with Gasteiger partial charge in [0.25, 0.3) is 0 Å². The van der Waals surface area contributed by atoms with Crippen LogP contribution in [-0.2, 0) is 11.4 Å². The van der Waals surface area contributed by atoms with Gasteiger partial charge in [-0.15, -0.1) is 0 Å². The third-order valence-electron chi connectivity index (χ3n) is 2.50. The topological polar surface area (TPSA) is 49.0 Å². The summed E-state index contributed by atoms with van der Waals surface area (Å²) in [4.78, 5) is 4.33. The summed E-state index contributed by atoms with van der Waals surface area (Å²) in [6.45, 7) is -0.426. The minimum Gasteiger partial charge on any atom is -0.493 e. The average Bonchev–Trinajstić information content (AvgIpc) is 2.41. The number of hydrogen-bond donors (Lipinski definition) is 1. The number of halogens is 3. The Balaban J connectivity index is 1.98. The van der Waals surface area contributed by atoms with Crippen LogP contribution in [0, 0.1) is 0 Å². The van der Waals surface area contributed by atoms with Crippen molar-refractivity contribution in [1.82, 2.24) is 5.48 Å². The predicted molar refractivity (Wildman–Crippen MR) is 62.8 cm³/mol. The zero-order valence-corrected chi connectivity index (χ0v) is 10.8. The van der Waals surface area contributed by atoms with E-state index in [9.17, 15) is 13.2 Å². The zero-order valence-electron chi connectivity index (χ0n) is 10.8. The summed E-state index contributed by atoms with van der Waals surface area (Å²) in [5.74, 6) is 1.47. The molecule has 0 unspecified atom stereocenters. The van der Waals surface area contributed by atoms with Crippen LogP contribution in [0.2, 0.25) is 0 Å². The molecule has 0 aliphatic carbocycles. The van der Waals surface area contributed by atoms with Gasteiger partial charge in [0.1, 0.15) is 13.2 Å². The van der Waals surface area contributed by atoms with Crippen LogP contribution in [0.4, 0.5) is 13.2 Å². The van der Waals surface area contributed by atoms with Crippen molar-refractivity contribution in [2.75, 3.05) is 26.9 Å². The quantitative estimate of drug-likeness (QED) is 0.665. The highest BCUT2D eigenvalue weighted by molar-refractivity contribution is 5.54. The Morgan fingerprint density at radius 3 is 2.70 bits per heavy atom. The Bertz CT molecular complexity index is 448. The molecule has 0 atom stereocenters. The summed E-state index contributed by atoms with van der Waals surface area (Å²) in [6, 6.07) is 3.32. The number of rotatable bonds is 5.